The Balaban J connectivity index is 1.12. The monoisotopic (exact) mass is 628 g/mol. The lowest BCUT2D eigenvalue weighted by atomic mass is 9.97. The highest BCUT2D eigenvalue weighted by atomic mass is 16.5. The predicted octanol–water partition coefficient (Wildman–Crippen LogP) is 6.08. The van der Waals surface area contributed by atoms with Crippen LogP contribution < -0.4 is 14.2 Å². The van der Waals surface area contributed by atoms with E-state index in [2.05, 4.69) is 30.0 Å². The molecule has 0 aliphatic carbocycles. The van der Waals surface area contributed by atoms with Crippen molar-refractivity contribution in [3.05, 3.63) is 83.9 Å². The molecule has 46 heavy (non-hydrogen) atoms. The van der Waals surface area contributed by atoms with Crippen LogP contribution in [-0.2, 0) is 14.3 Å². The van der Waals surface area contributed by atoms with Crippen LogP contribution >= 0.6 is 0 Å². The molecule has 0 saturated heterocycles. The summed E-state index contributed by atoms with van der Waals surface area (Å²) in [5.41, 5.74) is 1.36. The van der Waals surface area contributed by atoms with Gasteiger partial charge in [0, 0.05) is 32.3 Å². The molecular formula is C37H44N2O7. The summed E-state index contributed by atoms with van der Waals surface area (Å²) < 4.78 is 27.1. The van der Waals surface area contributed by atoms with Gasteiger partial charge in [0.05, 0.1) is 40.1 Å². The largest absolute Gasteiger partial charge is 0.493 e. The van der Waals surface area contributed by atoms with Gasteiger partial charge in [0.1, 0.15) is 0 Å². The Morgan fingerprint density at radius 2 is 1.20 bits per heavy atom. The summed E-state index contributed by atoms with van der Waals surface area (Å²) in [6.07, 6.45) is 4.51. The standard InChI is InChI=1S/C37H44N2O7/c1-38(18-10-22-45-34(40)17-16-27-24-32(42-3)36(44-5)33(25-27)43-4)20-21-39(2)19-11-23-46-37(41)35-30-14-8-6-12-28(30)26-29-13-7-9-15-31(29)35/h6-9,12-17,24-26H,10-11,18-23H2,1-5H3/b17-16+. The molecule has 9 heteroatoms. The van der Waals surface area contributed by atoms with Crippen molar-refractivity contribution >= 4 is 39.6 Å². The summed E-state index contributed by atoms with van der Waals surface area (Å²) >= 11 is 0. The number of carbonyl (C=O) groups is 2. The van der Waals surface area contributed by atoms with Crippen molar-refractivity contribution in [1.82, 2.24) is 9.80 Å². The molecule has 4 aromatic rings. The van der Waals surface area contributed by atoms with Crippen molar-refractivity contribution in [2.45, 2.75) is 12.8 Å². The molecule has 0 amide bonds. The van der Waals surface area contributed by atoms with Crippen LogP contribution in [0.2, 0.25) is 0 Å². The zero-order valence-electron chi connectivity index (χ0n) is 27.4. The van der Waals surface area contributed by atoms with E-state index in [0.29, 0.717) is 36.0 Å². The summed E-state index contributed by atoms with van der Waals surface area (Å²) in [5.74, 6) is 0.820. The van der Waals surface area contributed by atoms with Gasteiger partial charge >= 0.3 is 11.9 Å². The van der Waals surface area contributed by atoms with E-state index in [0.717, 1.165) is 66.1 Å². The highest BCUT2D eigenvalue weighted by molar-refractivity contribution is 6.16. The number of hydrogen-bond donors (Lipinski definition) is 0. The second kappa shape index (κ2) is 17.2. The van der Waals surface area contributed by atoms with Gasteiger partial charge in [0.15, 0.2) is 11.5 Å². The average molecular weight is 629 g/mol. The first-order valence-electron chi connectivity index (χ1n) is 15.4. The number of carbonyl (C=O) groups excluding carboxylic acids is 2. The lowest BCUT2D eigenvalue weighted by Gasteiger charge is -2.22. The van der Waals surface area contributed by atoms with Gasteiger partial charge in [-0.3, -0.25) is 0 Å². The van der Waals surface area contributed by atoms with E-state index in [9.17, 15) is 9.59 Å². The maximum Gasteiger partial charge on any atom is 0.339 e. The van der Waals surface area contributed by atoms with Crippen molar-refractivity contribution in [3.63, 3.8) is 0 Å². The quantitative estimate of drug-likeness (QED) is 0.0598. The van der Waals surface area contributed by atoms with Gasteiger partial charge in [-0.2, -0.15) is 0 Å². The maximum atomic E-state index is 13.2. The lowest BCUT2D eigenvalue weighted by Crippen LogP contribution is -2.32. The van der Waals surface area contributed by atoms with Crippen LogP contribution in [-0.4, -0.2) is 96.6 Å². The molecule has 0 unspecified atom stereocenters. The van der Waals surface area contributed by atoms with E-state index in [1.807, 2.05) is 48.5 Å². The van der Waals surface area contributed by atoms with Crippen LogP contribution in [0.1, 0.15) is 28.8 Å². The molecule has 244 valence electrons. The van der Waals surface area contributed by atoms with Crippen molar-refractivity contribution in [2.75, 3.05) is 74.8 Å². The molecule has 0 aliphatic rings. The molecule has 0 aromatic heterocycles. The van der Waals surface area contributed by atoms with E-state index in [1.165, 1.54) is 6.08 Å². The Hall–Kier alpha value is -4.60. The van der Waals surface area contributed by atoms with E-state index >= 15 is 0 Å². The summed E-state index contributed by atoms with van der Waals surface area (Å²) in [6, 6.07) is 21.5. The molecule has 0 heterocycles. The summed E-state index contributed by atoms with van der Waals surface area (Å²) in [4.78, 5) is 29.8. The fourth-order valence-electron chi connectivity index (χ4n) is 5.29. The first-order chi connectivity index (χ1) is 22.3. The number of methoxy groups -OCH3 is 3. The molecule has 0 saturated carbocycles. The third-order valence-electron chi connectivity index (χ3n) is 7.78. The Kier molecular flexibility index (Phi) is 12.8. The highest BCUT2D eigenvalue weighted by Gasteiger charge is 2.16. The predicted molar refractivity (Wildman–Crippen MR) is 182 cm³/mol. The van der Waals surface area contributed by atoms with E-state index in [1.54, 1.807) is 39.5 Å². The van der Waals surface area contributed by atoms with Gasteiger partial charge in [-0.1, -0.05) is 48.5 Å². The topological polar surface area (TPSA) is 86.8 Å². The van der Waals surface area contributed by atoms with Crippen molar-refractivity contribution in [2.24, 2.45) is 0 Å². The molecule has 0 spiro atoms. The normalized spacial score (nSPS) is 11.5. The minimum atomic E-state index is -0.412. The van der Waals surface area contributed by atoms with Gasteiger partial charge in [0.25, 0.3) is 0 Å². The average Bonchev–Trinajstić information content (AvgIpc) is 3.08. The SMILES string of the molecule is COc1cc(/C=C/C(=O)OCCCN(C)CCN(C)CCCOC(=O)c2c3ccccc3cc3ccccc23)cc(OC)c1OC. The minimum absolute atomic E-state index is 0.284. The first kappa shape index (κ1) is 34.3. The summed E-state index contributed by atoms with van der Waals surface area (Å²) in [6.45, 7) is 4.04. The maximum absolute atomic E-state index is 13.2. The zero-order valence-corrected chi connectivity index (χ0v) is 27.4. The van der Waals surface area contributed by atoms with Crippen molar-refractivity contribution < 1.29 is 33.3 Å². The molecule has 4 rings (SSSR count). The third-order valence-corrected chi connectivity index (χ3v) is 7.78. The second-order valence-corrected chi connectivity index (χ2v) is 11.1. The molecule has 0 N–H and O–H groups in total. The van der Waals surface area contributed by atoms with E-state index in [4.69, 9.17) is 23.7 Å². The van der Waals surface area contributed by atoms with Crippen LogP contribution in [0.3, 0.4) is 0 Å². The van der Waals surface area contributed by atoms with Crippen LogP contribution in [0.5, 0.6) is 17.2 Å². The Morgan fingerprint density at radius 1 is 0.674 bits per heavy atom. The third kappa shape index (κ3) is 9.22. The number of benzene rings is 4. The Morgan fingerprint density at radius 3 is 1.72 bits per heavy atom. The number of likely N-dealkylation sites (N-methyl/N-ethyl adjacent to an activating group) is 2. The molecular weight excluding hydrogens is 584 g/mol. The van der Waals surface area contributed by atoms with Crippen LogP contribution in [0, 0.1) is 0 Å². The first-order valence-corrected chi connectivity index (χ1v) is 15.4. The molecule has 0 radical (unpaired) electrons. The van der Waals surface area contributed by atoms with Crippen LogP contribution in [0.4, 0.5) is 0 Å². The fourth-order valence-corrected chi connectivity index (χ4v) is 5.29. The second-order valence-electron chi connectivity index (χ2n) is 11.1. The number of ether oxygens (including phenoxy) is 5. The number of hydrogen-bond acceptors (Lipinski definition) is 9. The number of esters is 2. The van der Waals surface area contributed by atoms with Gasteiger partial charge in [-0.25, -0.2) is 9.59 Å². The molecule has 0 atom stereocenters. The summed E-state index contributed by atoms with van der Waals surface area (Å²) in [7, 11) is 8.75. The molecule has 0 fully saturated rings. The zero-order chi connectivity index (χ0) is 32.9. The minimum Gasteiger partial charge on any atom is -0.493 e. The molecule has 0 bridgehead atoms. The van der Waals surface area contributed by atoms with Gasteiger partial charge < -0.3 is 33.5 Å². The smallest absolute Gasteiger partial charge is 0.339 e. The van der Waals surface area contributed by atoms with Crippen molar-refractivity contribution in [1.29, 1.82) is 0 Å². The van der Waals surface area contributed by atoms with Gasteiger partial charge in [0.2, 0.25) is 5.75 Å². The van der Waals surface area contributed by atoms with Gasteiger partial charge in [-0.05, 0) is 78.3 Å². The van der Waals surface area contributed by atoms with Gasteiger partial charge in [-0.15, -0.1) is 0 Å². The van der Waals surface area contributed by atoms with Crippen molar-refractivity contribution in [3.8, 4) is 17.2 Å². The lowest BCUT2D eigenvalue weighted by molar-refractivity contribution is -0.137. The molecule has 4 aromatic carbocycles. The van der Waals surface area contributed by atoms with E-state index in [-0.39, 0.29) is 5.97 Å². The van der Waals surface area contributed by atoms with Crippen LogP contribution in [0.25, 0.3) is 27.6 Å². The highest BCUT2D eigenvalue weighted by Crippen LogP contribution is 2.38. The van der Waals surface area contributed by atoms with Crippen LogP contribution in [0.15, 0.2) is 72.8 Å². The molecule has 0 aliphatic heterocycles. The Labute approximate surface area is 271 Å². The van der Waals surface area contributed by atoms with E-state index < -0.39 is 5.97 Å². The summed E-state index contributed by atoms with van der Waals surface area (Å²) in [5, 5.41) is 3.88. The Bertz CT molecular complexity index is 1570. The number of nitrogens with zero attached hydrogens (tertiary/aromatic N) is 2. The number of fused-ring (bicyclic) bond motifs is 2. The fraction of sp³-hybridized carbons (Fsp3) is 0.351. The molecule has 9 nitrogen and oxygen atoms in total. The number of rotatable bonds is 17.